The number of hydrogen-bond donors (Lipinski definition) is 0. The fourth-order valence-corrected chi connectivity index (χ4v) is 4.29. The summed E-state index contributed by atoms with van der Waals surface area (Å²) in [6, 6.07) is 7.61. The van der Waals surface area contributed by atoms with Gasteiger partial charge in [-0.15, -0.1) is 0 Å². The molecule has 0 radical (unpaired) electrons. The van der Waals surface area contributed by atoms with Crippen LogP contribution in [0.15, 0.2) is 24.3 Å². The topological polar surface area (TPSA) is 34.1 Å². The Kier molecular flexibility index (Phi) is 6.67. The number of hydrogen-bond acceptors (Lipinski definition) is 2. The third-order valence-electron chi connectivity index (χ3n) is 2.82. The van der Waals surface area contributed by atoms with Crippen LogP contribution in [0.4, 0.5) is 0 Å². The van der Waals surface area contributed by atoms with Crippen LogP contribution in [-0.4, -0.2) is 25.3 Å². The van der Waals surface area contributed by atoms with Gasteiger partial charge in [0.15, 0.2) is 0 Å². The molecule has 102 valence electrons. The third kappa shape index (κ3) is 4.90. The normalized spacial score (nSPS) is 13.5. The van der Waals surface area contributed by atoms with E-state index in [1.54, 1.807) is 0 Å². The molecule has 0 amide bonds. The van der Waals surface area contributed by atoms with Gasteiger partial charge in [0.1, 0.15) is 9.84 Å². The van der Waals surface area contributed by atoms with Crippen molar-refractivity contribution in [2.24, 2.45) is 0 Å². The van der Waals surface area contributed by atoms with Crippen molar-refractivity contribution in [3.8, 4) is 0 Å². The van der Waals surface area contributed by atoms with Crippen molar-refractivity contribution in [2.75, 3.05) is 16.8 Å². The summed E-state index contributed by atoms with van der Waals surface area (Å²) in [6.45, 7) is 1.88. The summed E-state index contributed by atoms with van der Waals surface area (Å²) in [5.41, 5.74) is 1.02. The minimum atomic E-state index is -2.92. The lowest BCUT2D eigenvalue weighted by Gasteiger charge is -2.15. The standard InChI is InChI=1S/C13H18BrClO2S/c1-2-8-18(16,17)9-7-11(10-14)12-5-3-4-6-13(12)15/h3-6,11H,2,7-10H2,1H3. The molecule has 0 saturated heterocycles. The Bertz CT molecular complexity index is 474. The second kappa shape index (κ2) is 7.51. The van der Waals surface area contributed by atoms with Crippen molar-refractivity contribution >= 4 is 37.4 Å². The van der Waals surface area contributed by atoms with Crippen LogP contribution in [0.5, 0.6) is 0 Å². The first kappa shape index (κ1) is 16.0. The molecule has 0 heterocycles. The molecule has 1 aromatic carbocycles. The second-order valence-electron chi connectivity index (χ2n) is 4.31. The lowest BCUT2D eigenvalue weighted by Crippen LogP contribution is -2.14. The first-order valence-electron chi connectivity index (χ1n) is 6.01. The Hall–Kier alpha value is -0.0600. The third-order valence-corrected chi connectivity index (χ3v) is 5.84. The molecule has 1 atom stereocenters. The number of alkyl halides is 1. The lowest BCUT2D eigenvalue weighted by molar-refractivity contribution is 0.588. The van der Waals surface area contributed by atoms with E-state index in [-0.39, 0.29) is 17.4 Å². The van der Waals surface area contributed by atoms with Crippen LogP contribution in [0.25, 0.3) is 0 Å². The van der Waals surface area contributed by atoms with Crippen molar-refractivity contribution in [2.45, 2.75) is 25.7 Å². The Morgan fingerprint density at radius 1 is 1.28 bits per heavy atom. The SMILES string of the molecule is CCCS(=O)(=O)CCC(CBr)c1ccccc1Cl. The molecule has 0 saturated carbocycles. The van der Waals surface area contributed by atoms with Crippen LogP contribution in [0.1, 0.15) is 31.2 Å². The molecule has 0 aliphatic heterocycles. The second-order valence-corrected chi connectivity index (χ2v) is 7.67. The molecule has 1 unspecified atom stereocenters. The van der Waals surface area contributed by atoms with Crippen molar-refractivity contribution in [3.05, 3.63) is 34.9 Å². The molecule has 0 fully saturated rings. The first-order valence-corrected chi connectivity index (χ1v) is 9.33. The van der Waals surface area contributed by atoms with E-state index in [1.165, 1.54) is 0 Å². The molecule has 0 aromatic heterocycles. The van der Waals surface area contributed by atoms with E-state index in [9.17, 15) is 8.42 Å². The molecule has 1 rings (SSSR count). The molecule has 1 aromatic rings. The molecular formula is C13H18BrClO2S. The fourth-order valence-electron chi connectivity index (χ4n) is 1.86. The van der Waals surface area contributed by atoms with Crippen molar-refractivity contribution in [1.82, 2.24) is 0 Å². The van der Waals surface area contributed by atoms with E-state index in [0.717, 1.165) is 10.9 Å². The predicted molar refractivity (Wildman–Crippen MR) is 81.5 cm³/mol. The van der Waals surface area contributed by atoms with E-state index >= 15 is 0 Å². The van der Waals surface area contributed by atoms with Gasteiger partial charge in [0.05, 0.1) is 5.75 Å². The van der Waals surface area contributed by atoms with Crippen LogP contribution >= 0.6 is 27.5 Å². The Morgan fingerprint density at radius 3 is 2.50 bits per heavy atom. The highest BCUT2D eigenvalue weighted by Gasteiger charge is 2.17. The maximum absolute atomic E-state index is 11.7. The van der Waals surface area contributed by atoms with Gasteiger partial charge in [-0.25, -0.2) is 8.42 Å². The number of sulfone groups is 1. The Balaban J connectivity index is 2.72. The van der Waals surface area contributed by atoms with E-state index in [4.69, 9.17) is 11.6 Å². The quantitative estimate of drug-likeness (QED) is 0.693. The van der Waals surface area contributed by atoms with Crippen LogP contribution in [-0.2, 0) is 9.84 Å². The van der Waals surface area contributed by atoms with Crippen molar-refractivity contribution in [1.29, 1.82) is 0 Å². The average Bonchev–Trinajstić information content (AvgIpc) is 2.32. The van der Waals surface area contributed by atoms with Gasteiger partial charge in [-0.3, -0.25) is 0 Å². The van der Waals surface area contributed by atoms with Gasteiger partial charge in [0.2, 0.25) is 0 Å². The van der Waals surface area contributed by atoms with Crippen LogP contribution in [0, 0.1) is 0 Å². The fraction of sp³-hybridized carbons (Fsp3) is 0.538. The van der Waals surface area contributed by atoms with Gasteiger partial charge in [0, 0.05) is 16.1 Å². The van der Waals surface area contributed by atoms with Crippen molar-refractivity contribution in [3.63, 3.8) is 0 Å². The predicted octanol–water partition coefficient (Wildman–Crippen LogP) is 4.03. The van der Waals surface area contributed by atoms with Gasteiger partial charge in [-0.05, 0) is 30.4 Å². The van der Waals surface area contributed by atoms with Gasteiger partial charge in [0.25, 0.3) is 0 Å². The minimum Gasteiger partial charge on any atom is -0.229 e. The maximum atomic E-state index is 11.7. The summed E-state index contributed by atoms with van der Waals surface area (Å²) in [5, 5.41) is 1.42. The number of benzene rings is 1. The van der Waals surface area contributed by atoms with Crippen LogP contribution in [0.3, 0.4) is 0 Å². The summed E-state index contributed by atoms with van der Waals surface area (Å²) in [7, 11) is -2.92. The van der Waals surface area contributed by atoms with Crippen molar-refractivity contribution < 1.29 is 8.42 Å². The monoisotopic (exact) mass is 352 g/mol. The van der Waals surface area contributed by atoms with E-state index in [1.807, 2.05) is 31.2 Å². The molecule has 0 aliphatic carbocycles. The van der Waals surface area contributed by atoms with Gasteiger partial charge in [-0.1, -0.05) is 52.7 Å². The highest BCUT2D eigenvalue weighted by Crippen LogP contribution is 2.28. The lowest BCUT2D eigenvalue weighted by atomic mass is 9.99. The molecule has 2 nitrogen and oxygen atoms in total. The maximum Gasteiger partial charge on any atom is 0.150 e. The molecule has 0 N–H and O–H groups in total. The van der Waals surface area contributed by atoms with Gasteiger partial charge >= 0.3 is 0 Å². The highest BCUT2D eigenvalue weighted by molar-refractivity contribution is 9.09. The minimum absolute atomic E-state index is 0.144. The van der Waals surface area contributed by atoms with E-state index < -0.39 is 9.84 Å². The van der Waals surface area contributed by atoms with E-state index in [2.05, 4.69) is 15.9 Å². The Labute approximate surface area is 123 Å². The van der Waals surface area contributed by atoms with E-state index in [0.29, 0.717) is 17.9 Å². The summed E-state index contributed by atoms with van der Waals surface area (Å²) in [6.07, 6.45) is 1.28. The average molecular weight is 354 g/mol. The smallest absolute Gasteiger partial charge is 0.150 e. The van der Waals surface area contributed by atoms with Gasteiger partial charge < -0.3 is 0 Å². The summed E-state index contributed by atoms with van der Waals surface area (Å²) in [5.74, 6) is 0.637. The summed E-state index contributed by atoms with van der Waals surface area (Å²) in [4.78, 5) is 0. The highest BCUT2D eigenvalue weighted by atomic mass is 79.9. The molecular weight excluding hydrogens is 336 g/mol. The van der Waals surface area contributed by atoms with Gasteiger partial charge in [-0.2, -0.15) is 0 Å². The van der Waals surface area contributed by atoms with Crippen LogP contribution < -0.4 is 0 Å². The first-order chi connectivity index (χ1) is 8.50. The zero-order valence-electron chi connectivity index (χ0n) is 10.4. The number of halogens is 2. The molecule has 18 heavy (non-hydrogen) atoms. The largest absolute Gasteiger partial charge is 0.229 e. The molecule has 5 heteroatoms. The molecule has 0 bridgehead atoms. The summed E-state index contributed by atoms with van der Waals surface area (Å²) >= 11 is 9.58. The molecule has 0 spiro atoms. The zero-order valence-corrected chi connectivity index (χ0v) is 13.6. The Morgan fingerprint density at radius 2 is 1.94 bits per heavy atom. The van der Waals surface area contributed by atoms with Crippen LogP contribution in [0.2, 0.25) is 5.02 Å². The number of rotatable bonds is 7. The summed E-state index contributed by atoms with van der Waals surface area (Å²) < 4.78 is 23.4. The molecule has 0 aliphatic rings. The zero-order chi connectivity index (χ0) is 13.6.